The van der Waals surface area contributed by atoms with E-state index in [1.54, 1.807) is 13.1 Å². The Hall–Kier alpha value is -1.56. The Kier molecular flexibility index (Phi) is 2.59. The van der Waals surface area contributed by atoms with Crippen LogP contribution in [-0.4, -0.2) is 20.9 Å². The lowest BCUT2D eigenvalue weighted by molar-refractivity contribution is 0.0697. The topological polar surface area (TPSA) is 68.3 Å². The highest BCUT2D eigenvalue weighted by atomic mass is 79.9. The summed E-state index contributed by atoms with van der Waals surface area (Å²) in [4.78, 5) is 11.0. The molecule has 2 rings (SSSR count). The van der Waals surface area contributed by atoms with Crippen LogP contribution in [0.25, 0.3) is 11.5 Å². The molecule has 0 fully saturated rings. The van der Waals surface area contributed by atoms with Gasteiger partial charge >= 0.3 is 5.97 Å². The molecule has 0 aliphatic heterocycles. The van der Waals surface area contributed by atoms with E-state index in [4.69, 9.17) is 9.52 Å². The zero-order valence-corrected chi connectivity index (χ0v) is 10.3. The molecular weight excluding hydrogens is 276 g/mol. The highest BCUT2D eigenvalue weighted by Crippen LogP contribution is 2.31. The van der Waals surface area contributed by atoms with Crippen LogP contribution in [0, 0.1) is 6.92 Å². The van der Waals surface area contributed by atoms with Crippen LogP contribution in [0.15, 0.2) is 21.3 Å². The summed E-state index contributed by atoms with van der Waals surface area (Å²) in [5, 5.41) is 13.0. The van der Waals surface area contributed by atoms with Crippen molar-refractivity contribution in [1.29, 1.82) is 0 Å². The number of carboxylic acids is 1. The van der Waals surface area contributed by atoms with E-state index in [0.717, 1.165) is 5.56 Å². The molecule has 0 amide bonds. The van der Waals surface area contributed by atoms with Crippen LogP contribution in [0.3, 0.4) is 0 Å². The third-order valence-corrected chi connectivity index (χ3v) is 2.66. The molecule has 0 aromatic carbocycles. The molecule has 5 nitrogen and oxygen atoms in total. The fraction of sp³-hybridized carbons (Fsp3) is 0.200. The van der Waals surface area contributed by atoms with Crippen LogP contribution < -0.4 is 0 Å². The van der Waals surface area contributed by atoms with Crippen molar-refractivity contribution < 1.29 is 14.3 Å². The van der Waals surface area contributed by atoms with Crippen LogP contribution in [0.4, 0.5) is 0 Å². The first-order chi connectivity index (χ1) is 7.50. The molecule has 0 spiro atoms. The first-order valence-corrected chi connectivity index (χ1v) is 5.31. The van der Waals surface area contributed by atoms with Crippen LogP contribution in [0.2, 0.25) is 0 Å². The van der Waals surface area contributed by atoms with Gasteiger partial charge in [0.1, 0.15) is 11.3 Å². The van der Waals surface area contributed by atoms with E-state index in [0.29, 0.717) is 16.1 Å². The summed E-state index contributed by atoms with van der Waals surface area (Å²) in [7, 11) is 1.68. The molecule has 0 saturated carbocycles. The molecule has 0 aliphatic rings. The third-order valence-electron chi connectivity index (χ3n) is 2.27. The van der Waals surface area contributed by atoms with Gasteiger partial charge < -0.3 is 9.52 Å². The van der Waals surface area contributed by atoms with E-state index >= 15 is 0 Å². The number of carboxylic acid groups (broad SMARTS) is 1. The van der Waals surface area contributed by atoms with Gasteiger partial charge in [0.05, 0.1) is 6.20 Å². The highest BCUT2D eigenvalue weighted by Gasteiger charge is 2.21. The van der Waals surface area contributed by atoms with E-state index in [-0.39, 0.29) is 5.56 Å². The maximum absolute atomic E-state index is 11.0. The van der Waals surface area contributed by atoms with Gasteiger partial charge in [-0.25, -0.2) is 4.79 Å². The van der Waals surface area contributed by atoms with Crippen molar-refractivity contribution in [2.75, 3.05) is 0 Å². The smallest absolute Gasteiger partial charge is 0.339 e. The van der Waals surface area contributed by atoms with Crippen LogP contribution in [0.5, 0.6) is 0 Å². The average molecular weight is 285 g/mol. The Morgan fingerprint density at radius 1 is 1.62 bits per heavy atom. The minimum absolute atomic E-state index is 0.132. The first kappa shape index (κ1) is 10.9. The molecule has 1 N–H and O–H groups in total. The molecule has 0 saturated heterocycles. The molecule has 16 heavy (non-hydrogen) atoms. The fourth-order valence-electron chi connectivity index (χ4n) is 1.54. The Morgan fingerprint density at radius 3 is 2.81 bits per heavy atom. The van der Waals surface area contributed by atoms with Crippen molar-refractivity contribution in [2.45, 2.75) is 6.92 Å². The summed E-state index contributed by atoms with van der Waals surface area (Å²) >= 11 is 3.21. The quantitative estimate of drug-likeness (QED) is 0.920. The van der Waals surface area contributed by atoms with Crippen LogP contribution >= 0.6 is 15.9 Å². The van der Waals surface area contributed by atoms with Gasteiger partial charge in [0, 0.05) is 7.05 Å². The van der Waals surface area contributed by atoms with Crippen molar-refractivity contribution in [3.8, 4) is 11.5 Å². The molecule has 0 unspecified atom stereocenters. The molecule has 84 valence electrons. The van der Waals surface area contributed by atoms with Gasteiger partial charge in [-0.05, 0) is 34.5 Å². The van der Waals surface area contributed by atoms with Gasteiger partial charge in [-0.15, -0.1) is 0 Å². The monoisotopic (exact) mass is 284 g/mol. The van der Waals surface area contributed by atoms with E-state index in [1.807, 2.05) is 6.92 Å². The van der Waals surface area contributed by atoms with Gasteiger partial charge in [0.2, 0.25) is 0 Å². The second-order valence-electron chi connectivity index (χ2n) is 3.40. The van der Waals surface area contributed by atoms with E-state index < -0.39 is 5.97 Å². The summed E-state index contributed by atoms with van der Waals surface area (Å²) in [6.45, 7) is 1.85. The molecule has 2 aromatic heterocycles. The number of aromatic nitrogens is 2. The largest absolute Gasteiger partial charge is 0.478 e. The van der Waals surface area contributed by atoms with Crippen molar-refractivity contribution in [3.05, 3.63) is 28.1 Å². The Labute approximate surface area is 99.8 Å². The molecular formula is C10H9BrN2O3. The molecule has 2 aromatic rings. The number of rotatable bonds is 2. The molecule has 0 aliphatic carbocycles. The molecule has 2 heterocycles. The number of hydrogen-bond donors (Lipinski definition) is 1. The average Bonchev–Trinajstić information content (AvgIpc) is 2.69. The number of aromatic carboxylic acids is 1. The Morgan fingerprint density at radius 2 is 2.31 bits per heavy atom. The SMILES string of the molecule is Cc1cc(Br)oc1-c1c(C(=O)O)cnn1C. The Balaban J connectivity index is 2.67. The zero-order chi connectivity index (χ0) is 11.9. The van der Waals surface area contributed by atoms with Crippen LogP contribution in [-0.2, 0) is 7.05 Å². The Bertz CT molecular complexity index is 556. The standard InChI is InChI=1S/C10H9BrN2O3/c1-5-3-7(11)16-9(5)8-6(10(14)15)4-12-13(8)2/h3-4H,1-2H3,(H,14,15). The number of aryl methyl sites for hydroxylation is 2. The van der Waals surface area contributed by atoms with Crippen LogP contribution in [0.1, 0.15) is 15.9 Å². The lowest BCUT2D eigenvalue weighted by atomic mass is 10.1. The number of carbonyl (C=O) groups is 1. The van der Waals surface area contributed by atoms with Gasteiger partial charge in [-0.2, -0.15) is 5.10 Å². The molecule has 6 heteroatoms. The number of halogens is 1. The number of furan rings is 1. The second kappa shape index (κ2) is 3.79. The molecule has 0 atom stereocenters. The fourth-order valence-corrected chi connectivity index (χ4v) is 2.05. The molecule has 0 bridgehead atoms. The van der Waals surface area contributed by atoms with Crippen molar-refractivity contribution in [2.24, 2.45) is 7.05 Å². The van der Waals surface area contributed by atoms with Gasteiger partial charge in [0.15, 0.2) is 10.4 Å². The van der Waals surface area contributed by atoms with Crippen molar-refractivity contribution >= 4 is 21.9 Å². The van der Waals surface area contributed by atoms with Gasteiger partial charge in [-0.1, -0.05) is 0 Å². The normalized spacial score (nSPS) is 10.7. The van der Waals surface area contributed by atoms with E-state index in [9.17, 15) is 4.79 Å². The molecule has 0 radical (unpaired) electrons. The highest BCUT2D eigenvalue weighted by molar-refractivity contribution is 9.10. The number of nitrogens with zero attached hydrogens (tertiary/aromatic N) is 2. The van der Waals surface area contributed by atoms with Gasteiger partial charge in [0.25, 0.3) is 0 Å². The maximum atomic E-state index is 11.0. The zero-order valence-electron chi connectivity index (χ0n) is 8.69. The van der Waals surface area contributed by atoms with Gasteiger partial charge in [-0.3, -0.25) is 4.68 Å². The second-order valence-corrected chi connectivity index (χ2v) is 4.18. The summed E-state index contributed by atoms with van der Waals surface area (Å²) in [5.41, 5.74) is 1.46. The van der Waals surface area contributed by atoms with E-state index in [2.05, 4.69) is 21.0 Å². The maximum Gasteiger partial charge on any atom is 0.339 e. The summed E-state index contributed by atoms with van der Waals surface area (Å²) in [6, 6.07) is 1.79. The minimum atomic E-state index is -1.02. The first-order valence-electron chi connectivity index (χ1n) is 4.52. The predicted octanol–water partition coefficient (Wildman–Crippen LogP) is 2.45. The number of hydrogen-bond acceptors (Lipinski definition) is 3. The lowest BCUT2D eigenvalue weighted by Gasteiger charge is -2.01. The summed E-state index contributed by atoms with van der Waals surface area (Å²) in [5.74, 6) is -0.501. The van der Waals surface area contributed by atoms with E-state index in [1.165, 1.54) is 10.9 Å². The van der Waals surface area contributed by atoms with Crippen molar-refractivity contribution in [1.82, 2.24) is 9.78 Å². The minimum Gasteiger partial charge on any atom is -0.478 e. The third kappa shape index (κ3) is 1.65. The predicted molar refractivity (Wildman–Crippen MR) is 60.3 cm³/mol. The van der Waals surface area contributed by atoms with Crippen molar-refractivity contribution in [3.63, 3.8) is 0 Å². The lowest BCUT2D eigenvalue weighted by Crippen LogP contribution is -2.00. The summed E-state index contributed by atoms with van der Waals surface area (Å²) < 4.78 is 7.48. The summed E-state index contributed by atoms with van der Waals surface area (Å²) in [6.07, 6.45) is 1.31.